The SMILES string of the molecule is O=C(COC(=O)C1CC=CCC1)Nc1ccccc1C(=O)c1ccccc1. The average Bonchev–Trinajstić information content (AvgIpc) is 2.73. The monoisotopic (exact) mass is 363 g/mol. The van der Waals surface area contributed by atoms with Crippen LogP contribution in [-0.4, -0.2) is 24.3 Å². The maximum atomic E-state index is 12.7. The standard InChI is InChI=1S/C22H21NO4/c24-20(15-27-22(26)17-11-5-2-6-12-17)23-19-14-8-7-13-18(19)21(25)16-9-3-1-4-10-16/h1-5,7-10,13-14,17H,6,11-12,15H2,(H,23,24). The highest BCUT2D eigenvalue weighted by atomic mass is 16.5. The zero-order chi connectivity index (χ0) is 19.1. The van der Waals surface area contributed by atoms with Crippen LogP contribution in [0, 0.1) is 5.92 Å². The van der Waals surface area contributed by atoms with E-state index in [1.54, 1.807) is 48.5 Å². The fraction of sp³-hybridized carbons (Fsp3) is 0.227. The second-order valence-electron chi connectivity index (χ2n) is 6.38. The summed E-state index contributed by atoms with van der Waals surface area (Å²) in [6.07, 6.45) is 6.24. The van der Waals surface area contributed by atoms with Crippen LogP contribution >= 0.6 is 0 Å². The Hall–Kier alpha value is -3.21. The largest absolute Gasteiger partial charge is 0.455 e. The number of ether oxygens (including phenoxy) is 1. The van der Waals surface area contributed by atoms with Crippen LogP contribution in [0.2, 0.25) is 0 Å². The molecule has 2 aromatic rings. The Kier molecular flexibility index (Phi) is 6.15. The number of hydrogen-bond acceptors (Lipinski definition) is 4. The van der Waals surface area contributed by atoms with Crippen molar-refractivity contribution < 1.29 is 19.1 Å². The molecule has 2 aromatic carbocycles. The zero-order valence-electron chi connectivity index (χ0n) is 14.9. The molecular weight excluding hydrogens is 342 g/mol. The summed E-state index contributed by atoms with van der Waals surface area (Å²) in [6, 6.07) is 15.6. The van der Waals surface area contributed by atoms with Crippen molar-refractivity contribution in [2.75, 3.05) is 11.9 Å². The highest BCUT2D eigenvalue weighted by molar-refractivity contribution is 6.13. The molecule has 1 aliphatic carbocycles. The lowest BCUT2D eigenvalue weighted by atomic mass is 9.95. The van der Waals surface area contributed by atoms with E-state index in [9.17, 15) is 14.4 Å². The van der Waals surface area contributed by atoms with Gasteiger partial charge in [0.1, 0.15) is 0 Å². The van der Waals surface area contributed by atoms with Crippen LogP contribution in [0.3, 0.4) is 0 Å². The minimum Gasteiger partial charge on any atom is -0.455 e. The second-order valence-corrected chi connectivity index (χ2v) is 6.38. The van der Waals surface area contributed by atoms with Gasteiger partial charge in [0.2, 0.25) is 0 Å². The van der Waals surface area contributed by atoms with Crippen molar-refractivity contribution in [2.45, 2.75) is 19.3 Å². The van der Waals surface area contributed by atoms with Gasteiger partial charge in [0.25, 0.3) is 5.91 Å². The maximum absolute atomic E-state index is 12.7. The van der Waals surface area contributed by atoms with Crippen molar-refractivity contribution in [3.63, 3.8) is 0 Å². The number of anilines is 1. The summed E-state index contributed by atoms with van der Waals surface area (Å²) >= 11 is 0. The molecule has 1 unspecified atom stereocenters. The molecule has 5 heteroatoms. The average molecular weight is 363 g/mol. The number of carbonyl (C=O) groups excluding carboxylic acids is 3. The van der Waals surface area contributed by atoms with Crippen LogP contribution in [0.25, 0.3) is 0 Å². The normalized spacial score (nSPS) is 15.8. The highest BCUT2D eigenvalue weighted by Gasteiger charge is 2.21. The number of benzene rings is 2. The third kappa shape index (κ3) is 4.91. The predicted octanol–water partition coefficient (Wildman–Crippen LogP) is 3.76. The van der Waals surface area contributed by atoms with Gasteiger partial charge in [-0.05, 0) is 31.4 Å². The van der Waals surface area contributed by atoms with E-state index in [2.05, 4.69) is 5.32 Å². The molecule has 0 aliphatic heterocycles. The van der Waals surface area contributed by atoms with E-state index in [1.165, 1.54) is 0 Å². The lowest BCUT2D eigenvalue weighted by molar-refractivity contribution is -0.151. The summed E-state index contributed by atoms with van der Waals surface area (Å²) in [5, 5.41) is 2.67. The topological polar surface area (TPSA) is 72.5 Å². The molecule has 1 atom stereocenters. The molecule has 0 aromatic heterocycles. The van der Waals surface area contributed by atoms with Gasteiger partial charge < -0.3 is 10.1 Å². The molecule has 0 heterocycles. The third-order valence-corrected chi connectivity index (χ3v) is 4.43. The van der Waals surface area contributed by atoms with Crippen molar-refractivity contribution in [1.82, 2.24) is 0 Å². The summed E-state index contributed by atoms with van der Waals surface area (Å²) in [5.74, 6) is -1.20. The van der Waals surface area contributed by atoms with Crippen molar-refractivity contribution in [3.8, 4) is 0 Å². The second kappa shape index (κ2) is 8.94. The van der Waals surface area contributed by atoms with Crippen LogP contribution < -0.4 is 5.32 Å². The maximum Gasteiger partial charge on any atom is 0.309 e. The van der Waals surface area contributed by atoms with E-state index < -0.39 is 5.91 Å². The number of ketones is 1. The Bertz CT molecular complexity index is 858. The molecule has 5 nitrogen and oxygen atoms in total. The number of esters is 1. The Labute approximate surface area is 158 Å². The van der Waals surface area contributed by atoms with Gasteiger partial charge in [-0.1, -0.05) is 54.6 Å². The van der Waals surface area contributed by atoms with Gasteiger partial charge in [-0.3, -0.25) is 14.4 Å². The van der Waals surface area contributed by atoms with Crippen LogP contribution in [0.5, 0.6) is 0 Å². The molecule has 0 saturated carbocycles. The molecule has 0 radical (unpaired) electrons. The minimum atomic E-state index is -0.469. The van der Waals surface area contributed by atoms with Crippen molar-refractivity contribution >= 4 is 23.3 Å². The zero-order valence-corrected chi connectivity index (χ0v) is 14.9. The fourth-order valence-corrected chi connectivity index (χ4v) is 2.98. The van der Waals surface area contributed by atoms with Crippen LogP contribution in [0.4, 0.5) is 5.69 Å². The first-order valence-corrected chi connectivity index (χ1v) is 8.95. The molecular formula is C22H21NO4. The van der Waals surface area contributed by atoms with E-state index in [0.29, 0.717) is 23.2 Å². The van der Waals surface area contributed by atoms with E-state index in [-0.39, 0.29) is 24.3 Å². The van der Waals surface area contributed by atoms with Gasteiger partial charge in [-0.2, -0.15) is 0 Å². The molecule has 0 saturated heterocycles. The summed E-state index contributed by atoms with van der Waals surface area (Å²) in [6.45, 7) is -0.368. The number of nitrogens with one attached hydrogen (secondary N) is 1. The molecule has 0 bridgehead atoms. The number of rotatable bonds is 6. The summed E-state index contributed by atoms with van der Waals surface area (Å²) in [5.41, 5.74) is 1.32. The third-order valence-electron chi connectivity index (χ3n) is 4.43. The van der Waals surface area contributed by atoms with Gasteiger partial charge in [0.15, 0.2) is 12.4 Å². The van der Waals surface area contributed by atoms with Crippen LogP contribution in [-0.2, 0) is 14.3 Å². The first-order chi connectivity index (χ1) is 13.1. The molecule has 1 amide bonds. The molecule has 138 valence electrons. The number of hydrogen-bond donors (Lipinski definition) is 1. The van der Waals surface area contributed by atoms with E-state index >= 15 is 0 Å². The van der Waals surface area contributed by atoms with E-state index in [1.807, 2.05) is 18.2 Å². The van der Waals surface area contributed by atoms with Gasteiger partial charge in [-0.25, -0.2) is 0 Å². The molecule has 0 spiro atoms. The molecule has 1 aliphatic rings. The Morgan fingerprint density at radius 2 is 1.70 bits per heavy atom. The summed E-state index contributed by atoms with van der Waals surface area (Å²) < 4.78 is 5.13. The van der Waals surface area contributed by atoms with E-state index in [0.717, 1.165) is 12.8 Å². The smallest absolute Gasteiger partial charge is 0.309 e. The number of allylic oxidation sites excluding steroid dienone is 2. The number of para-hydroxylation sites is 1. The molecule has 1 N–H and O–H groups in total. The van der Waals surface area contributed by atoms with Crippen molar-refractivity contribution in [3.05, 3.63) is 77.9 Å². The Morgan fingerprint density at radius 3 is 2.44 bits per heavy atom. The molecule has 27 heavy (non-hydrogen) atoms. The number of carbonyl (C=O) groups is 3. The lowest BCUT2D eigenvalue weighted by Crippen LogP contribution is -2.25. The van der Waals surface area contributed by atoms with Gasteiger partial charge in [-0.15, -0.1) is 0 Å². The predicted molar refractivity (Wildman–Crippen MR) is 102 cm³/mol. The first-order valence-electron chi connectivity index (χ1n) is 8.95. The van der Waals surface area contributed by atoms with Gasteiger partial charge in [0, 0.05) is 11.1 Å². The lowest BCUT2D eigenvalue weighted by Gasteiger charge is -2.16. The summed E-state index contributed by atoms with van der Waals surface area (Å²) in [7, 11) is 0. The highest BCUT2D eigenvalue weighted by Crippen LogP contribution is 2.21. The van der Waals surface area contributed by atoms with Crippen LogP contribution in [0.15, 0.2) is 66.7 Å². The van der Waals surface area contributed by atoms with Gasteiger partial charge in [0.05, 0.1) is 11.6 Å². The summed E-state index contributed by atoms with van der Waals surface area (Å²) in [4.78, 5) is 36.9. The molecule has 0 fully saturated rings. The number of amides is 1. The van der Waals surface area contributed by atoms with Crippen molar-refractivity contribution in [2.24, 2.45) is 5.92 Å². The van der Waals surface area contributed by atoms with E-state index in [4.69, 9.17) is 4.74 Å². The quantitative estimate of drug-likeness (QED) is 0.482. The van der Waals surface area contributed by atoms with Crippen LogP contribution in [0.1, 0.15) is 35.2 Å². The first kappa shape index (κ1) is 18.6. The Morgan fingerprint density at radius 1 is 0.963 bits per heavy atom. The fourth-order valence-electron chi connectivity index (χ4n) is 2.98. The van der Waals surface area contributed by atoms with Gasteiger partial charge >= 0.3 is 5.97 Å². The van der Waals surface area contributed by atoms with Crippen molar-refractivity contribution in [1.29, 1.82) is 0 Å². The minimum absolute atomic E-state index is 0.183. The Balaban J connectivity index is 1.62. The molecule has 3 rings (SSSR count).